The van der Waals surface area contributed by atoms with E-state index in [1.807, 2.05) is 38.1 Å². The summed E-state index contributed by atoms with van der Waals surface area (Å²) in [5.41, 5.74) is 3.33. The molecular weight excluding hydrogens is 554 g/mol. The van der Waals surface area contributed by atoms with Gasteiger partial charge in [0, 0.05) is 11.3 Å². The molecule has 0 bridgehead atoms. The molecule has 8 heteroatoms. The third-order valence-electron chi connectivity index (χ3n) is 6.26. The lowest BCUT2D eigenvalue weighted by atomic mass is 9.78. The Hall–Kier alpha value is -2.76. The van der Waals surface area contributed by atoms with Crippen molar-refractivity contribution in [1.29, 1.82) is 0 Å². The fraction of sp³-hybridized carbons (Fsp3) is 0.172. The van der Waals surface area contributed by atoms with Crippen LogP contribution in [0.4, 0.5) is 0 Å². The Morgan fingerprint density at radius 2 is 0.811 bits per heavy atom. The van der Waals surface area contributed by atoms with Crippen LogP contribution in [0.5, 0.6) is 23.0 Å². The molecule has 4 N–H and O–H groups in total. The lowest BCUT2D eigenvalue weighted by Crippen LogP contribution is -2.19. The molecule has 4 rings (SSSR count). The van der Waals surface area contributed by atoms with Gasteiger partial charge in [0.05, 0.1) is 20.1 Å². The fourth-order valence-electron chi connectivity index (χ4n) is 3.74. The van der Waals surface area contributed by atoms with Gasteiger partial charge in [0.1, 0.15) is 11.5 Å². The third-order valence-corrected chi connectivity index (χ3v) is 7.42. The predicted molar refractivity (Wildman–Crippen MR) is 152 cm³/mol. The van der Waals surface area contributed by atoms with Gasteiger partial charge in [-0.3, -0.25) is 0 Å². The second kappa shape index (κ2) is 11.7. The normalized spacial score (nSPS) is 11.2. The summed E-state index contributed by atoms with van der Waals surface area (Å²) < 4.78 is 0. The van der Waals surface area contributed by atoms with E-state index in [-0.39, 0.29) is 49.0 Å². The molecule has 0 amide bonds. The Morgan fingerprint density at radius 3 is 1.08 bits per heavy atom. The van der Waals surface area contributed by atoms with Crippen molar-refractivity contribution in [1.82, 2.24) is 0 Å². The van der Waals surface area contributed by atoms with Crippen LogP contribution in [0.25, 0.3) is 0 Å². The number of phenolic OH excluding ortho intramolecular Hbond substituents is 4. The van der Waals surface area contributed by atoms with E-state index < -0.39 is 5.41 Å². The number of benzene rings is 4. The topological polar surface area (TPSA) is 80.9 Å². The summed E-state index contributed by atoms with van der Waals surface area (Å²) in [6.45, 7) is 5.97. The predicted octanol–water partition coefficient (Wildman–Crippen LogP) is 9.29. The second-order valence-electron chi connectivity index (χ2n) is 9.11. The second-order valence-corrected chi connectivity index (χ2v) is 10.7. The van der Waals surface area contributed by atoms with Gasteiger partial charge in [-0.1, -0.05) is 91.4 Å². The molecule has 0 fully saturated rings. The molecule has 0 radical (unpaired) electrons. The molecule has 0 saturated carbocycles. The van der Waals surface area contributed by atoms with E-state index in [2.05, 4.69) is 6.92 Å². The minimum Gasteiger partial charge on any atom is -0.508 e. The monoisotopic (exact) mass is 578 g/mol. The number of halogens is 4. The third kappa shape index (κ3) is 6.77. The minimum absolute atomic E-state index is 0.153. The summed E-state index contributed by atoms with van der Waals surface area (Å²) in [4.78, 5) is 0. The van der Waals surface area contributed by atoms with Gasteiger partial charge in [-0.2, -0.15) is 0 Å². The molecule has 4 aromatic rings. The van der Waals surface area contributed by atoms with E-state index in [0.29, 0.717) is 0 Å². The highest BCUT2D eigenvalue weighted by molar-refractivity contribution is 6.37. The summed E-state index contributed by atoms with van der Waals surface area (Å²) >= 11 is 23.9. The Balaban J connectivity index is 0.000000213. The maximum absolute atomic E-state index is 9.65. The quantitative estimate of drug-likeness (QED) is 0.194. The standard InChI is InChI=1S/C15H12Cl4O2.C14H14O2/c1-15(2,7-3-9(16)13(20)10(17)4-7)8-5-11(18)14(21)12(19)6-8;1-10(11-2-6-13(15)7-3-11)12-4-8-14(16)9-5-12/h3-6,20-21H,1-2H3;2-10,15-16H,1H3. The number of aromatic hydroxyl groups is 4. The van der Waals surface area contributed by atoms with E-state index >= 15 is 0 Å². The Morgan fingerprint density at radius 1 is 0.541 bits per heavy atom. The average molecular weight is 580 g/mol. The Bertz CT molecular complexity index is 1230. The lowest BCUT2D eigenvalue weighted by Gasteiger charge is -2.27. The SMILES string of the molecule is CC(C)(c1cc(Cl)c(O)c(Cl)c1)c1cc(Cl)c(O)c(Cl)c1.CC(c1ccc(O)cc1)c1ccc(O)cc1. The largest absolute Gasteiger partial charge is 0.508 e. The van der Waals surface area contributed by atoms with Crippen molar-refractivity contribution in [3.05, 3.63) is 115 Å². The highest BCUT2D eigenvalue weighted by Gasteiger charge is 2.27. The molecule has 0 heterocycles. The molecule has 0 aromatic heterocycles. The number of rotatable bonds is 4. The van der Waals surface area contributed by atoms with Gasteiger partial charge >= 0.3 is 0 Å². The van der Waals surface area contributed by atoms with Gasteiger partial charge in [-0.15, -0.1) is 0 Å². The van der Waals surface area contributed by atoms with E-state index in [1.54, 1.807) is 48.5 Å². The van der Waals surface area contributed by atoms with Gasteiger partial charge < -0.3 is 20.4 Å². The molecule has 37 heavy (non-hydrogen) atoms. The van der Waals surface area contributed by atoms with Crippen LogP contribution in [0.3, 0.4) is 0 Å². The highest BCUT2D eigenvalue weighted by atomic mass is 35.5. The van der Waals surface area contributed by atoms with Crippen molar-refractivity contribution in [3.63, 3.8) is 0 Å². The van der Waals surface area contributed by atoms with E-state index in [4.69, 9.17) is 46.4 Å². The van der Waals surface area contributed by atoms with Gasteiger partial charge in [0.25, 0.3) is 0 Å². The number of hydrogen-bond acceptors (Lipinski definition) is 4. The van der Waals surface area contributed by atoms with Gasteiger partial charge in [0.2, 0.25) is 0 Å². The van der Waals surface area contributed by atoms with E-state index in [0.717, 1.165) is 22.3 Å². The van der Waals surface area contributed by atoms with Crippen LogP contribution in [-0.2, 0) is 5.41 Å². The molecule has 0 aliphatic carbocycles. The summed E-state index contributed by atoms with van der Waals surface area (Å²) in [5, 5.41) is 38.4. The summed E-state index contributed by atoms with van der Waals surface area (Å²) in [7, 11) is 0. The summed E-state index contributed by atoms with van der Waals surface area (Å²) in [6.07, 6.45) is 0. The van der Waals surface area contributed by atoms with Crippen molar-refractivity contribution in [2.75, 3.05) is 0 Å². The van der Waals surface area contributed by atoms with Crippen molar-refractivity contribution < 1.29 is 20.4 Å². The maximum atomic E-state index is 9.65. The Labute approximate surface area is 236 Å². The van der Waals surface area contributed by atoms with Crippen LogP contribution in [-0.4, -0.2) is 20.4 Å². The van der Waals surface area contributed by atoms with E-state index in [9.17, 15) is 20.4 Å². The smallest absolute Gasteiger partial charge is 0.152 e. The molecule has 0 atom stereocenters. The van der Waals surface area contributed by atoms with Gasteiger partial charge in [-0.25, -0.2) is 0 Å². The number of hydrogen-bond donors (Lipinski definition) is 4. The first-order chi connectivity index (χ1) is 17.3. The zero-order chi connectivity index (χ0) is 27.5. The zero-order valence-corrected chi connectivity index (χ0v) is 23.3. The molecule has 0 unspecified atom stereocenters. The first-order valence-corrected chi connectivity index (χ1v) is 12.8. The zero-order valence-electron chi connectivity index (χ0n) is 20.3. The van der Waals surface area contributed by atoms with Crippen LogP contribution in [0.1, 0.15) is 48.9 Å². The molecule has 4 nitrogen and oxygen atoms in total. The molecule has 0 saturated heterocycles. The fourth-order valence-corrected chi connectivity index (χ4v) is 4.71. The molecule has 0 spiro atoms. The maximum Gasteiger partial charge on any atom is 0.152 e. The van der Waals surface area contributed by atoms with Crippen LogP contribution in [0.15, 0.2) is 72.8 Å². The molecule has 194 valence electrons. The van der Waals surface area contributed by atoms with Crippen LogP contribution in [0, 0.1) is 0 Å². The number of phenols is 4. The molecular formula is C29H26Cl4O4. The Kier molecular flexibility index (Phi) is 9.14. The minimum atomic E-state index is -0.526. The first kappa shape index (κ1) is 28.8. The van der Waals surface area contributed by atoms with Crippen LogP contribution in [0.2, 0.25) is 20.1 Å². The van der Waals surface area contributed by atoms with Crippen molar-refractivity contribution in [2.45, 2.75) is 32.1 Å². The molecule has 0 aliphatic rings. The lowest BCUT2D eigenvalue weighted by molar-refractivity contribution is 0.473. The van der Waals surface area contributed by atoms with Crippen LogP contribution >= 0.6 is 46.4 Å². The van der Waals surface area contributed by atoms with Crippen molar-refractivity contribution >= 4 is 46.4 Å². The average Bonchev–Trinajstić information content (AvgIpc) is 2.86. The summed E-state index contributed by atoms with van der Waals surface area (Å²) in [6, 6.07) is 20.9. The van der Waals surface area contributed by atoms with E-state index in [1.165, 1.54) is 0 Å². The molecule has 0 aliphatic heterocycles. The van der Waals surface area contributed by atoms with Gasteiger partial charge in [0.15, 0.2) is 11.5 Å². The van der Waals surface area contributed by atoms with Gasteiger partial charge in [-0.05, 0) is 70.8 Å². The summed E-state index contributed by atoms with van der Waals surface area (Å²) in [5.74, 6) is 0.504. The highest BCUT2D eigenvalue weighted by Crippen LogP contribution is 2.43. The first-order valence-electron chi connectivity index (χ1n) is 11.3. The molecule has 4 aromatic carbocycles. The van der Waals surface area contributed by atoms with Crippen molar-refractivity contribution in [3.8, 4) is 23.0 Å². The van der Waals surface area contributed by atoms with Crippen molar-refractivity contribution in [2.24, 2.45) is 0 Å². The van der Waals surface area contributed by atoms with Crippen LogP contribution < -0.4 is 0 Å².